The van der Waals surface area contributed by atoms with Crippen molar-refractivity contribution >= 4 is 18.0 Å². The van der Waals surface area contributed by atoms with Gasteiger partial charge in [-0.2, -0.15) is 0 Å². The highest BCUT2D eigenvalue weighted by Gasteiger charge is 2.28. The molecule has 1 unspecified atom stereocenters. The van der Waals surface area contributed by atoms with E-state index < -0.39 is 18.1 Å². The zero-order valence-corrected chi connectivity index (χ0v) is 19.4. The summed E-state index contributed by atoms with van der Waals surface area (Å²) in [6.45, 7) is 0.983. The first-order valence-corrected chi connectivity index (χ1v) is 11.6. The Morgan fingerprint density at radius 2 is 1.62 bits per heavy atom. The molecular weight excluding hydrogens is 436 g/mol. The van der Waals surface area contributed by atoms with Gasteiger partial charge in [0.15, 0.2) is 0 Å². The molecule has 3 rings (SSSR count). The highest BCUT2D eigenvalue weighted by Crippen LogP contribution is 2.44. The number of rotatable bonds is 13. The summed E-state index contributed by atoms with van der Waals surface area (Å²) in [5, 5.41) is 14.4. The molecule has 2 aromatic carbocycles. The molecule has 0 saturated carbocycles. The van der Waals surface area contributed by atoms with Crippen molar-refractivity contribution < 1.29 is 29.0 Å². The first-order chi connectivity index (χ1) is 16.5. The molecule has 8 nitrogen and oxygen atoms in total. The second-order valence-corrected chi connectivity index (χ2v) is 8.30. The van der Waals surface area contributed by atoms with E-state index in [1.54, 1.807) is 0 Å². The van der Waals surface area contributed by atoms with Crippen molar-refractivity contribution in [3.8, 4) is 11.1 Å². The number of hydrogen-bond donors (Lipinski definition) is 3. The second-order valence-electron chi connectivity index (χ2n) is 8.30. The van der Waals surface area contributed by atoms with Crippen molar-refractivity contribution in [3.05, 3.63) is 59.7 Å². The maximum absolute atomic E-state index is 12.2. The van der Waals surface area contributed by atoms with Gasteiger partial charge in [0.25, 0.3) is 0 Å². The van der Waals surface area contributed by atoms with Gasteiger partial charge in [-0.15, -0.1) is 0 Å². The number of hydrogen-bond acceptors (Lipinski definition) is 5. The van der Waals surface area contributed by atoms with Crippen LogP contribution in [0, 0.1) is 0 Å². The van der Waals surface area contributed by atoms with Crippen LogP contribution in [0.5, 0.6) is 0 Å². The van der Waals surface area contributed by atoms with E-state index in [-0.39, 0.29) is 37.9 Å². The second kappa shape index (κ2) is 12.7. The van der Waals surface area contributed by atoms with Gasteiger partial charge in [0, 0.05) is 39.0 Å². The van der Waals surface area contributed by atoms with Gasteiger partial charge >= 0.3 is 12.1 Å². The number of carbonyl (C=O) groups is 3. The van der Waals surface area contributed by atoms with E-state index in [4.69, 9.17) is 14.6 Å². The number of unbranched alkanes of at least 4 members (excludes halogenated alkanes) is 2. The van der Waals surface area contributed by atoms with Crippen LogP contribution in [-0.2, 0) is 19.1 Å². The van der Waals surface area contributed by atoms with Gasteiger partial charge in [0.2, 0.25) is 5.91 Å². The zero-order chi connectivity index (χ0) is 24.3. The van der Waals surface area contributed by atoms with Crippen molar-refractivity contribution in [2.45, 2.75) is 44.1 Å². The molecule has 0 fully saturated rings. The standard InChI is InChI=1S/C26H32N2O6/c1-33-16-14-23(25(30)31)28-24(29)13-3-2-8-15-27-26(32)34-17-22-20-11-6-4-9-18(20)19-10-5-7-12-21(19)22/h4-7,9-12,22-23H,2-3,8,13-17H2,1H3,(H,27,32)(H,28,29)(H,30,31). The van der Waals surface area contributed by atoms with Gasteiger partial charge in [-0.1, -0.05) is 55.0 Å². The van der Waals surface area contributed by atoms with E-state index in [0.717, 1.165) is 6.42 Å². The fourth-order valence-corrected chi connectivity index (χ4v) is 4.19. The normalized spacial score (nSPS) is 13.0. The zero-order valence-electron chi connectivity index (χ0n) is 19.4. The Morgan fingerprint density at radius 3 is 2.24 bits per heavy atom. The summed E-state index contributed by atoms with van der Waals surface area (Å²) >= 11 is 0. The molecule has 2 aromatic rings. The molecule has 1 aliphatic rings. The van der Waals surface area contributed by atoms with E-state index in [0.29, 0.717) is 19.4 Å². The van der Waals surface area contributed by atoms with E-state index in [2.05, 4.69) is 34.9 Å². The summed E-state index contributed by atoms with van der Waals surface area (Å²) in [5.74, 6) is -1.35. The molecule has 0 saturated heterocycles. The van der Waals surface area contributed by atoms with Crippen LogP contribution in [0.15, 0.2) is 48.5 Å². The number of methoxy groups -OCH3 is 1. The molecule has 2 amide bonds. The van der Waals surface area contributed by atoms with Crippen LogP contribution in [0.2, 0.25) is 0 Å². The van der Waals surface area contributed by atoms with Crippen LogP contribution in [0.1, 0.15) is 49.1 Å². The van der Waals surface area contributed by atoms with Crippen molar-refractivity contribution in [2.24, 2.45) is 0 Å². The van der Waals surface area contributed by atoms with Crippen molar-refractivity contribution in [2.75, 3.05) is 26.9 Å². The van der Waals surface area contributed by atoms with Crippen molar-refractivity contribution in [3.63, 3.8) is 0 Å². The first kappa shape index (κ1) is 25.2. The molecule has 1 atom stereocenters. The Balaban J connectivity index is 1.32. The largest absolute Gasteiger partial charge is 0.480 e. The summed E-state index contributed by atoms with van der Waals surface area (Å²) in [6, 6.07) is 15.4. The molecule has 8 heteroatoms. The lowest BCUT2D eigenvalue weighted by molar-refractivity contribution is -0.142. The van der Waals surface area contributed by atoms with Gasteiger partial charge in [-0.25, -0.2) is 9.59 Å². The third-order valence-electron chi connectivity index (χ3n) is 5.94. The summed E-state index contributed by atoms with van der Waals surface area (Å²) in [7, 11) is 1.48. The van der Waals surface area contributed by atoms with Crippen LogP contribution in [0.25, 0.3) is 11.1 Å². The third kappa shape index (κ3) is 6.81. The number of fused-ring (bicyclic) bond motifs is 3. The molecule has 0 heterocycles. The molecule has 182 valence electrons. The Kier molecular flexibility index (Phi) is 9.46. The quantitative estimate of drug-likeness (QED) is 0.386. The molecule has 0 bridgehead atoms. The Labute approximate surface area is 199 Å². The Morgan fingerprint density at radius 1 is 0.971 bits per heavy atom. The predicted octanol–water partition coefficient (Wildman–Crippen LogP) is 3.69. The van der Waals surface area contributed by atoms with E-state index in [1.165, 1.54) is 29.4 Å². The average Bonchev–Trinajstić information content (AvgIpc) is 3.16. The monoisotopic (exact) mass is 468 g/mol. The minimum Gasteiger partial charge on any atom is -0.480 e. The molecule has 0 radical (unpaired) electrons. The van der Waals surface area contributed by atoms with Gasteiger partial charge in [0.05, 0.1) is 0 Å². The number of carboxylic acids is 1. The highest BCUT2D eigenvalue weighted by atomic mass is 16.5. The topological polar surface area (TPSA) is 114 Å². The number of carboxylic acid groups (broad SMARTS) is 1. The molecule has 34 heavy (non-hydrogen) atoms. The summed E-state index contributed by atoms with van der Waals surface area (Å²) in [5.41, 5.74) is 4.71. The number of nitrogens with one attached hydrogen (secondary N) is 2. The smallest absolute Gasteiger partial charge is 0.407 e. The lowest BCUT2D eigenvalue weighted by Gasteiger charge is -2.15. The summed E-state index contributed by atoms with van der Waals surface area (Å²) < 4.78 is 10.4. The van der Waals surface area contributed by atoms with E-state index >= 15 is 0 Å². The molecule has 0 aromatic heterocycles. The number of benzene rings is 2. The van der Waals surface area contributed by atoms with Crippen molar-refractivity contribution in [1.82, 2.24) is 10.6 Å². The summed E-state index contributed by atoms with van der Waals surface area (Å²) in [6.07, 6.45) is 2.04. The predicted molar refractivity (Wildman–Crippen MR) is 128 cm³/mol. The molecule has 0 aliphatic heterocycles. The van der Waals surface area contributed by atoms with E-state index in [9.17, 15) is 14.4 Å². The number of carbonyl (C=O) groups excluding carboxylic acids is 2. The minimum absolute atomic E-state index is 0.0233. The lowest BCUT2D eigenvalue weighted by atomic mass is 9.98. The van der Waals surface area contributed by atoms with Crippen LogP contribution in [0.4, 0.5) is 4.79 Å². The number of aliphatic carboxylic acids is 1. The van der Waals surface area contributed by atoms with E-state index in [1.807, 2.05) is 24.3 Å². The lowest BCUT2D eigenvalue weighted by Crippen LogP contribution is -2.41. The Bertz CT molecular complexity index is 947. The van der Waals surface area contributed by atoms with Crippen LogP contribution in [-0.4, -0.2) is 56.0 Å². The van der Waals surface area contributed by atoms with Gasteiger partial charge in [-0.3, -0.25) is 4.79 Å². The molecule has 3 N–H and O–H groups in total. The Hall–Kier alpha value is -3.39. The highest BCUT2D eigenvalue weighted by molar-refractivity contribution is 5.83. The number of ether oxygens (including phenoxy) is 2. The van der Waals surface area contributed by atoms with Crippen LogP contribution >= 0.6 is 0 Å². The maximum Gasteiger partial charge on any atom is 0.407 e. The first-order valence-electron chi connectivity index (χ1n) is 11.6. The fraction of sp³-hybridized carbons (Fsp3) is 0.423. The van der Waals surface area contributed by atoms with Crippen LogP contribution in [0.3, 0.4) is 0 Å². The molecule has 0 spiro atoms. The maximum atomic E-state index is 12.2. The fourth-order valence-electron chi connectivity index (χ4n) is 4.19. The van der Waals surface area contributed by atoms with Crippen LogP contribution < -0.4 is 10.6 Å². The average molecular weight is 469 g/mol. The number of amides is 2. The van der Waals surface area contributed by atoms with Gasteiger partial charge in [0.1, 0.15) is 12.6 Å². The van der Waals surface area contributed by atoms with Gasteiger partial charge in [-0.05, 0) is 35.1 Å². The number of alkyl carbamates (subject to hydrolysis) is 1. The SMILES string of the molecule is COCCC(NC(=O)CCCCCNC(=O)OCC1c2ccccc2-c2ccccc21)C(=O)O. The summed E-state index contributed by atoms with van der Waals surface area (Å²) in [4.78, 5) is 35.3. The minimum atomic E-state index is -1.07. The third-order valence-corrected chi connectivity index (χ3v) is 5.94. The van der Waals surface area contributed by atoms with Crippen molar-refractivity contribution in [1.29, 1.82) is 0 Å². The molecular formula is C26H32N2O6. The molecule has 1 aliphatic carbocycles. The van der Waals surface area contributed by atoms with Gasteiger partial charge < -0.3 is 25.2 Å².